The number of hydrogen-bond acceptors (Lipinski definition) is 5. The van der Waals surface area contributed by atoms with Crippen LogP contribution in [0.25, 0.3) is 0 Å². The van der Waals surface area contributed by atoms with Crippen LogP contribution in [0.5, 0.6) is 0 Å². The van der Waals surface area contributed by atoms with Gasteiger partial charge in [0.2, 0.25) is 0 Å². The third-order valence-corrected chi connectivity index (χ3v) is 1.88. The zero-order valence-electron chi connectivity index (χ0n) is 7.71. The van der Waals surface area contributed by atoms with Crippen molar-refractivity contribution < 1.29 is 9.13 Å². The van der Waals surface area contributed by atoms with Gasteiger partial charge in [-0.05, 0) is 0 Å². The van der Waals surface area contributed by atoms with Gasteiger partial charge in [-0.2, -0.15) is 4.36 Å². The lowest BCUT2D eigenvalue weighted by Crippen LogP contribution is -1.91. The number of rotatable bonds is 2. The van der Waals surface area contributed by atoms with E-state index in [1.807, 2.05) is 0 Å². The molecule has 0 N–H and O–H groups in total. The summed E-state index contributed by atoms with van der Waals surface area (Å²) in [6, 6.07) is 2.44. The highest BCUT2D eigenvalue weighted by Crippen LogP contribution is 2.17. The third-order valence-electron chi connectivity index (χ3n) is 1.25. The maximum atomic E-state index is 11.3. The largest absolute Gasteiger partial charge is 0.274 e. The summed E-state index contributed by atoms with van der Waals surface area (Å²) < 4.78 is 15.0. The van der Waals surface area contributed by atoms with E-state index in [0.717, 1.165) is 0 Å². The van der Waals surface area contributed by atoms with E-state index in [-0.39, 0.29) is 11.5 Å². The van der Waals surface area contributed by atoms with E-state index in [9.17, 15) is 14.3 Å². The molecule has 1 heterocycles. The molecule has 76 valence electrons. The van der Waals surface area contributed by atoms with E-state index >= 15 is 0 Å². The minimum atomic E-state index is -2.33. The lowest BCUT2D eigenvalue weighted by Gasteiger charge is -1.95. The Bertz CT molecular complexity index is 469. The summed E-state index contributed by atoms with van der Waals surface area (Å²) in [5, 5.41) is 10.4. The van der Waals surface area contributed by atoms with Gasteiger partial charge in [0, 0.05) is 34.5 Å². The molecule has 0 aliphatic carbocycles. The minimum absolute atomic E-state index is 0.109. The Morgan fingerprint density at radius 3 is 2.71 bits per heavy atom. The molecule has 0 saturated carbocycles. The van der Waals surface area contributed by atoms with E-state index in [1.165, 1.54) is 30.8 Å². The Kier molecular flexibility index (Phi) is 2.80. The van der Waals surface area contributed by atoms with E-state index in [4.69, 9.17) is 0 Å². The summed E-state index contributed by atoms with van der Waals surface area (Å²) in [5.41, 5.74) is -0.109. The Hall–Kier alpha value is -1.50. The van der Waals surface area contributed by atoms with Crippen LogP contribution in [0.3, 0.4) is 0 Å². The molecule has 0 fully saturated rings. The van der Waals surface area contributed by atoms with Gasteiger partial charge in [-0.1, -0.05) is 0 Å². The van der Waals surface area contributed by atoms with Crippen molar-refractivity contribution in [3.05, 3.63) is 28.4 Å². The SMILES string of the molecule is CS(C)(=O)=Nc1cc([N+](=O)[O-])ccn1. The molecule has 0 unspecified atom stereocenters. The van der Waals surface area contributed by atoms with E-state index in [1.54, 1.807) is 0 Å². The molecule has 0 aliphatic heterocycles. The van der Waals surface area contributed by atoms with Crippen LogP contribution in [0.1, 0.15) is 0 Å². The molecule has 14 heavy (non-hydrogen) atoms. The summed E-state index contributed by atoms with van der Waals surface area (Å²) >= 11 is 0. The Labute approximate surface area is 81.3 Å². The second-order valence-corrected chi connectivity index (χ2v) is 5.45. The van der Waals surface area contributed by atoms with Crippen molar-refractivity contribution in [3.8, 4) is 0 Å². The van der Waals surface area contributed by atoms with Crippen LogP contribution in [-0.4, -0.2) is 26.6 Å². The Morgan fingerprint density at radius 2 is 2.21 bits per heavy atom. The van der Waals surface area contributed by atoms with Crippen LogP contribution in [-0.2, 0) is 9.73 Å². The molecule has 0 amide bonds. The van der Waals surface area contributed by atoms with E-state index in [0.29, 0.717) is 0 Å². The van der Waals surface area contributed by atoms with Gasteiger partial charge < -0.3 is 0 Å². The molecular weight excluding hydrogens is 206 g/mol. The maximum Gasteiger partial charge on any atom is 0.274 e. The fourth-order valence-electron chi connectivity index (χ4n) is 0.796. The van der Waals surface area contributed by atoms with Crippen LogP contribution in [0.15, 0.2) is 22.7 Å². The fourth-order valence-corrected chi connectivity index (χ4v) is 1.35. The van der Waals surface area contributed by atoms with Crippen molar-refractivity contribution in [2.24, 2.45) is 4.36 Å². The summed E-state index contributed by atoms with van der Waals surface area (Å²) in [6.45, 7) is 0. The van der Waals surface area contributed by atoms with Crippen molar-refractivity contribution in [1.29, 1.82) is 0 Å². The first kappa shape index (κ1) is 10.6. The molecule has 0 aromatic carbocycles. The van der Waals surface area contributed by atoms with Gasteiger partial charge in [-0.15, -0.1) is 0 Å². The number of aromatic nitrogens is 1. The lowest BCUT2D eigenvalue weighted by molar-refractivity contribution is -0.384. The summed E-state index contributed by atoms with van der Waals surface area (Å²) in [4.78, 5) is 13.6. The van der Waals surface area contributed by atoms with Crippen LogP contribution in [0.2, 0.25) is 0 Å². The zero-order chi connectivity index (χ0) is 10.8. The summed E-state index contributed by atoms with van der Waals surface area (Å²) in [7, 11) is -2.33. The van der Waals surface area contributed by atoms with Crippen molar-refractivity contribution in [1.82, 2.24) is 4.98 Å². The predicted octanol–water partition coefficient (Wildman–Crippen LogP) is 1.35. The molecule has 0 radical (unpaired) electrons. The molecule has 0 atom stereocenters. The molecule has 0 spiro atoms. The topological polar surface area (TPSA) is 85.5 Å². The molecule has 0 saturated heterocycles. The lowest BCUT2D eigenvalue weighted by atomic mass is 10.4. The predicted molar refractivity (Wildman–Crippen MR) is 53.0 cm³/mol. The number of nitrogens with zero attached hydrogens (tertiary/aromatic N) is 3. The first-order valence-electron chi connectivity index (χ1n) is 3.66. The third kappa shape index (κ3) is 3.09. The monoisotopic (exact) mass is 215 g/mol. The average Bonchev–Trinajstić information content (AvgIpc) is 2.01. The van der Waals surface area contributed by atoms with Gasteiger partial charge in [0.1, 0.15) is 0 Å². The van der Waals surface area contributed by atoms with Crippen molar-refractivity contribution in [3.63, 3.8) is 0 Å². The Balaban J connectivity index is 3.20. The standard InChI is InChI=1S/C7H9N3O3S/c1-14(2,13)9-7-5-6(10(11)12)3-4-8-7/h3-5H,1-2H3. The minimum Gasteiger partial charge on any atom is -0.258 e. The number of hydrogen-bond donors (Lipinski definition) is 0. The van der Waals surface area contributed by atoms with Gasteiger partial charge in [0.05, 0.1) is 11.0 Å². The molecule has 7 heteroatoms. The molecule has 6 nitrogen and oxygen atoms in total. The van der Waals surface area contributed by atoms with Crippen LogP contribution in [0, 0.1) is 10.1 Å². The molecule has 1 aromatic heterocycles. The molecular formula is C7H9N3O3S. The van der Waals surface area contributed by atoms with Gasteiger partial charge in [0.25, 0.3) is 5.69 Å². The fraction of sp³-hybridized carbons (Fsp3) is 0.286. The van der Waals surface area contributed by atoms with Crippen molar-refractivity contribution in [2.45, 2.75) is 0 Å². The zero-order valence-corrected chi connectivity index (χ0v) is 8.52. The second-order valence-electron chi connectivity index (χ2n) is 2.90. The highest BCUT2D eigenvalue weighted by atomic mass is 32.2. The molecule has 1 rings (SSSR count). The normalized spacial score (nSPS) is 11.0. The quantitative estimate of drug-likeness (QED) is 0.550. The van der Waals surface area contributed by atoms with Crippen LogP contribution < -0.4 is 0 Å². The second kappa shape index (κ2) is 3.70. The average molecular weight is 215 g/mol. The molecule has 1 aromatic rings. The van der Waals surface area contributed by atoms with Gasteiger partial charge >= 0.3 is 0 Å². The smallest absolute Gasteiger partial charge is 0.258 e. The first-order valence-corrected chi connectivity index (χ1v) is 5.99. The van der Waals surface area contributed by atoms with Gasteiger partial charge in [-0.3, -0.25) is 10.1 Å². The number of pyridine rings is 1. The van der Waals surface area contributed by atoms with E-state index in [2.05, 4.69) is 9.35 Å². The van der Waals surface area contributed by atoms with E-state index < -0.39 is 14.7 Å². The Morgan fingerprint density at radius 1 is 1.57 bits per heavy atom. The maximum absolute atomic E-state index is 11.3. The van der Waals surface area contributed by atoms with Crippen molar-refractivity contribution in [2.75, 3.05) is 12.5 Å². The number of nitro groups is 1. The van der Waals surface area contributed by atoms with Crippen LogP contribution >= 0.6 is 0 Å². The van der Waals surface area contributed by atoms with Gasteiger partial charge in [0.15, 0.2) is 5.82 Å². The summed E-state index contributed by atoms with van der Waals surface area (Å²) in [6.07, 6.45) is 4.14. The highest BCUT2D eigenvalue weighted by molar-refractivity contribution is 7.92. The first-order chi connectivity index (χ1) is 6.38. The summed E-state index contributed by atoms with van der Waals surface area (Å²) in [5.74, 6) is 0.120. The van der Waals surface area contributed by atoms with Gasteiger partial charge in [-0.25, -0.2) is 9.19 Å². The molecule has 0 bridgehead atoms. The van der Waals surface area contributed by atoms with Crippen LogP contribution in [0.4, 0.5) is 11.5 Å². The molecule has 0 aliphatic rings. The highest BCUT2D eigenvalue weighted by Gasteiger charge is 2.06. The van der Waals surface area contributed by atoms with Crippen molar-refractivity contribution >= 4 is 21.2 Å².